The van der Waals surface area contributed by atoms with E-state index in [4.69, 9.17) is 10.4 Å². The van der Waals surface area contributed by atoms with E-state index in [2.05, 4.69) is 24.1 Å². The minimum Gasteiger partial charge on any atom is -0.396 e. The van der Waals surface area contributed by atoms with Crippen LogP contribution in [-0.4, -0.2) is 23.2 Å². The second-order valence-electron chi connectivity index (χ2n) is 4.89. The Morgan fingerprint density at radius 1 is 1.47 bits per heavy atom. The Labute approximate surface area is 102 Å². The predicted molar refractivity (Wildman–Crippen MR) is 67.5 cm³/mol. The van der Waals surface area contributed by atoms with Gasteiger partial charge in [0.15, 0.2) is 0 Å². The Kier molecular flexibility index (Phi) is 4.92. The van der Waals surface area contributed by atoms with Gasteiger partial charge in [-0.25, -0.2) is 4.98 Å². The number of nitrogens with zero attached hydrogens (tertiary/aromatic N) is 2. The van der Waals surface area contributed by atoms with Gasteiger partial charge < -0.3 is 10.4 Å². The van der Waals surface area contributed by atoms with Gasteiger partial charge in [-0.05, 0) is 30.4 Å². The zero-order chi connectivity index (χ0) is 12.7. The lowest BCUT2D eigenvalue weighted by atomic mass is 9.88. The molecule has 0 saturated heterocycles. The molecule has 1 rings (SSSR count). The Bertz CT molecular complexity index is 379. The van der Waals surface area contributed by atoms with Gasteiger partial charge in [-0.3, -0.25) is 0 Å². The summed E-state index contributed by atoms with van der Waals surface area (Å²) in [6, 6.07) is 5.59. The maximum absolute atomic E-state index is 8.81. The zero-order valence-electron chi connectivity index (χ0n) is 10.4. The summed E-state index contributed by atoms with van der Waals surface area (Å²) in [5.74, 6) is 0.779. The Hall–Kier alpha value is -1.60. The standard InChI is InChI=1S/C13H19N3O/c1-13(2,6-3-7-17)10-16-12-5-4-11(8-14)9-15-12/h4-5,9,17H,3,6-7,10H2,1-2H3,(H,15,16). The van der Waals surface area contributed by atoms with Crippen molar-refractivity contribution in [2.75, 3.05) is 18.5 Å². The molecule has 17 heavy (non-hydrogen) atoms. The van der Waals surface area contributed by atoms with Gasteiger partial charge >= 0.3 is 0 Å². The quantitative estimate of drug-likeness (QED) is 0.790. The SMILES string of the molecule is CC(C)(CCCO)CNc1ccc(C#N)cn1. The third-order valence-corrected chi connectivity index (χ3v) is 2.65. The Morgan fingerprint density at radius 3 is 2.76 bits per heavy atom. The van der Waals surface area contributed by atoms with E-state index in [-0.39, 0.29) is 12.0 Å². The van der Waals surface area contributed by atoms with Crippen LogP contribution in [-0.2, 0) is 0 Å². The third-order valence-electron chi connectivity index (χ3n) is 2.65. The van der Waals surface area contributed by atoms with E-state index in [0.717, 1.165) is 25.2 Å². The number of hydrogen-bond donors (Lipinski definition) is 2. The molecule has 0 bridgehead atoms. The summed E-state index contributed by atoms with van der Waals surface area (Å²) in [6.07, 6.45) is 3.34. The van der Waals surface area contributed by atoms with Crippen LogP contribution in [0.2, 0.25) is 0 Å². The van der Waals surface area contributed by atoms with E-state index in [9.17, 15) is 0 Å². The van der Waals surface area contributed by atoms with Gasteiger partial charge in [0.05, 0.1) is 5.56 Å². The maximum atomic E-state index is 8.81. The van der Waals surface area contributed by atoms with Crippen LogP contribution in [0.5, 0.6) is 0 Å². The third kappa shape index (κ3) is 4.83. The highest BCUT2D eigenvalue weighted by atomic mass is 16.2. The van der Waals surface area contributed by atoms with Gasteiger partial charge in [-0.15, -0.1) is 0 Å². The minimum atomic E-state index is 0.123. The molecule has 0 aliphatic heterocycles. The molecule has 1 aromatic rings. The van der Waals surface area contributed by atoms with E-state index in [1.54, 1.807) is 18.3 Å². The molecular formula is C13H19N3O. The van der Waals surface area contributed by atoms with Crippen LogP contribution < -0.4 is 5.32 Å². The van der Waals surface area contributed by atoms with Crippen molar-refractivity contribution in [2.45, 2.75) is 26.7 Å². The number of anilines is 1. The van der Waals surface area contributed by atoms with Crippen molar-refractivity contribution in [1.29, 1.82) is 5.26 Å². The van der Waals surface area contributed by atoms with E-state index in [1.807, 2.05) is 6.07 Å². The summed E-state index contributed by atoms with van der Waals surface area (Å²) in [5, 5.41) is 20.7. The molecule has 2 N–H and O–H groups in total. The fourth-order valence-electron chi connectivity index (χ4n) is 1.54. The first-order chi connectivity index (χ1) is 8.07. The van der Waals surface area contributed by atoms with Gasteiger partial charge in [0.2, 0.25) is 0 Å². The largest absolute Gasteiger partial charge is 0.396 e. The first-order valence-corrected chi connectivity index (χ1v) is 5.78. The van der Waals surface area contributed by atoms with Crippen molar-refractivity contribution in [3.63, 3.8) is 0 Å². The average Bonchev–Trinajstić information content (AvgIpc) is 2.35. The van der Waals surface area contributed by atoms with E-state index >= 15 is 0 Å². The molecule has 0 radical (unpaired) electrons. The summed E-state index contributed by atoms with van der Waals surface area (Å²) in [4.78, 5) is 4.15. The monoisotopic (exact) mass is 233 g/mol. The highest BCUT2D eigenvalue weighted by molar-refractivity contribution is 5.39. The second-order valence-corrected chi connectivity index (χ2v) is 4.89. The van der Waals surface area contributed by atoms with Crippen molar-refractivity contribution < 1.29 is 5.11 Å². The lowest BCUT2D eigenvalue weighted by Gasteiger charge is -2.24. The van der Waals surface area contributed by atoms with Crippen LogP contribution in [0.25, 0.3) is 0 Å². The molecule has 0 aromatic carbocycles. The molecule has 0 atom stereocenters. The van der Waals surface area contributed by atoms with Crippen LogP contribution in [0.1, 0.15) is 32.3 Å². The second kappa shape index (κ2) is 6.21. The first-order valence-electron chi connectivity index (χ1n) is 5.78. The van der Waals surface area contributed by atoms with E-state index in [1.165, 1.54) is 0 Å². The van der Waals surface area contributed by atoms with Crippen molar-refractivity contribution in [2.24, 2.45) is 5.41 Å². The average molecular weight is 233 g/mol. The van der Waals surface area contributed by atoms with Crippen LogP contribution in [0.4, 0.5) is 5.82 Å². The zero-order valence-corrected chi connectivity index (χ0v) is 10.4. The number of nitriles is 1. The summed E-state index contributed by atoms with van der Waals surface area (Å²) >= 11 is 0. The molecule has 0 amide bonds. The van der Waals surface area contributed by atoms with Crippen molar-refractivity contribution in [3.8, 4) is 6.07 Å². The molecule has 1 aromatic heterocycles. The molecule has 0 spiro atoms. The number of aliphatic hydroxyl groups is 1. The highest BCUT2D eigenvalue weighted by Crippen LogP contribution is 2.22. The summed E-state index contributed by atoms with van der Waals surface area (Å²) < 4.78 is 0. The van der Waals surface area contributed by atoms with Crippen LogP contribution in [0, 0.1) is 16.7 Å². The summed E-state index contributed by atoms with van der Waals surface area (Å²) in [5.41, 5.74) is 0.688. The molecule has 0 fully saturated rings. The van der Waals surface area contributed by atoms with Gasteiger partial charge in [0, 0.05) is 19.3 Å². The van der Waals surface area contributed by atoms with E-state index in [0.29, 0.717) is 5.56 Å². The number of nitrogens with one attached hydrogen (secondary N) is 1. The van der Waals surface area contributed by atoms with Gasteiger partial charge in [0.25, 0.3) is 0 Å². The summed E-state index contributed by atoms with van der Waals surface area (Å²) in [7, 11) is 0. The molecule has 4 nitrogen and oxygen atoms in total. The lowest BCUT2D eigenvalue weighted by molar-refractivity contribution is 0.248. The lowest BCUT2D eigenvalue weighted by Crippen LogP contribution is -2.23. The number of aliphatic hydroxyl groups excluding tert-OH is 1. The normalized spacial score (nSPS) is 10.9. The topological polar surface area (TPSA) is 68.9 Å². The van der Waals surface area contributed by atoms with Gasteiger partial charge in [-0.1, -0.05) is 13.8 Å². The van der Waals surface area contributed by atoms with E-state index < -0.39 is 0 Å². The maximum Gasteiger partial charge on any atom is 0.125 e. The number of aromatic nitrogens is 1. The molecule has 0 unspecified atom stereocenters. The fraction of sp³-hybridized carbons (Fsp3) is 0.538. The van der Waals surface area contributed by atoms with Gasteiger partial charge in [-0.2, -0.15) is 5.26 Å². The number of rotatable bonds is 6. The van der Waals surface area contributed by atoms with Crippen LogP contribution in [0.3, 0.4) is 0 Å². The van der Waals surface area contributed by atoms with Gasteiger partial charge in [0.1, 0.15) is 11.9 Å². The predicted octanol–water partition coefficient (Wildman–Crippen LogP) is 2.16. The summed E-state index contributed by atoms with van der Waals surface area (Å²) in [6.45, 7) is 5.34. The van der Waals surface area contributed by atoms with Crippen molar-refractivity contribution in [3.05, 3.63) is 23.9 Å². The number of pyridine rings is 1. The van der Waals surface area contributed by atoms with Crippen molar-refractivity contribution in [1.82, 2.24) is 4.98 Å². The highest BCUT2D eigenvalue weighted by Gasteiger charge is 2.16. The smallest absolute Gasteiger partial charge is 0.125 e. The number of hydrogen-bond acceptors (Lipinski definition) is 4. The minimum absolute atomic E-state index is 0.123. The van der Waals surface area contributed by atoms with Crippen LogP contribution in [0.15, 0.2) is 18.3 Å². The molecule has 4 heteroatoms. The first kappa shape index (κ1) is 13.5. The molecule has 0 aliphatic rings. The van der Waals surface area contributed by atoms with Crippen molar-refractivity contribution >= 4 is 5.82 Å². The molecule has 0 saturated carbocycles. The molecule has 0 aliphatic carbocycles. The van der Waals surface area contributed by atoms with Crippen LogP contribution >= 0.6 is 0 Å². The fourth-order valence-corrected chi connectivity index (χ4v) is 1.54. The Morgan fingerprint density at radius 2 is 2.24 bits per heavy atom. The molecular weight excluding hydrogens is 214 g/mol. The molecule has 1 heterocycles. The Balaban J connectivity index is 2.46. The molecule has 92 valence electrons.